The van der Waals surface area contributed by atoms with E-state index in [1.165, 1.54) is 5.56 Å². The summed E-state index contributed by atoms with van der Waals surface area (Å²) in [5.74, 6) is 0. The van der Waals surface area contributed by atoms with Crippen LogP contribution in [0.3, 0.4) is 0 Å². The Kier molecular flexibility index (Phi) is 1.66. The van der Waals surface area contributed by atoms with Gasteiger partial charge in [-0.1, -0.05) is 15.9 Å². The Morgan fingerprint density at radius 1 is 1.56 bits per heavy atom. The summed E-state index contributed by atoms with van der Waals surface area (Å²) in [6.45, 7) is 4.16. The molecule has 0 unspecified atom stereocenters. The van der Waals surface area contributed by atoms with Crippen LogP contribution in [0.15, 0.2) is 23.0 Å². The number of rotatable bonds is 1. The standard InChI is InChI=1S/C7H9BrO/c1-7(2,8)6-3-4-9-5-6/h3-5H,1-2H3. The maximum Gasteiger partial charge on any atom is 0.0948 e. The third-order valence-electron chi connectivity index (χ3n) is 1.21. The normalized spacial score (nSPS) is 11.9. The Morgan fingerprint density at radius 2 is 2.22 bits per heavy atom. The molecule has 1 nitrogen and oxygen atoms in total. The number of hydrogen-bond donors (Lipinski definition) is 0. The smallest absolute Gasteiger partial charge is 0.0948 e. The fourth-order valence-corrected chi connectivity index (χ4v) is 0.828. The van der Waals surface area contributed by atoms with Gasteiger partial charge in [-0.05, 0) is 19.9 Å². The second kappa shape index (κ2) is 2.18. The van der Waals surface area contributed by atoms with Crippen LogP contribution >= 0.6 is 15.9 Å². The third kappa shape index (κ3) is 1.58. The number of furan rings is 1. The third-order valence-corrected chi connectivity index (χ3v) is 1.67. The van der Waals surface area contributed by atoms with Crippen LogP contribution in [0.4, 0.5) is 0 Å². The molecule has 0 aliphatic heterocycles. The van der Waals surface area contributed by atoms with Gasteiger partial charge < -0.3 is 4.42 Å². The van der Waals surface area contributed by atoms with Gasteiger partial charge in [0, 0.05) is 9.89 Å². The molecule has 0 aliphatic rings. The van der Waals surface area contributed by atoms with Crippen molar-refractivity contribution in [3.63, 3.8) is 0 Å². The van der Waals surface area contributed by atoms with E-state index in [1.807, 2.05) is 6.07 Å². The fourth-order valence-electron chi connectivity index (χ4n) is 0.603. The topological polar surface area (TPSA) is 13.1 Å². The van der Waals surface area contributed by atoms with E-state index in [4.69, 9.17) is 4.42 Å². The predicted molar refractivity (Wildman–Crippen MR) is 40.7 cm³/mol. The second-order valence-corrected chi connectivity index (χ2v) is 4.47. The Hall–Kier alpha value is -0.240. The molecule has 0 aromatic carbocycles. The van der Waals surface area contributed by atoms with Crippen molar-refractivity contribution in [1.29, 1.82) is 0 Å². The number of alkyl halides is 1. The molecule has 0 saturated heterocycles. The molecule has 2 heteroatoms. The van der Waals surface area contributed by atoms with E-state index in [9.17, 15) is 0 Å². The molecule has 0 radical (unpaired) electrons. The molecule has 1 heterocycles. The van der Waals surface area contributed by atoms with E-state index in [2.05, 4.69) is 29.8 Å². The van der Waals surface area contributed by atoms with Crippen LogP contribution in [-0.2, 0) is 4.32 Å². The van der Waals surface area contributed by atoms with Gasteiger partial charge in [-0.3, -0.25) is 0 Å². The molecule has 0 aliphatic carbocycles. The van der Waals surface area contributed by atoms with E-state index in [-0.39, 0.29) is 4.32 Å². The highest BCUT2D eigenvalue weighted by atomic mass is 79.9. The van der Waals surface area contributed by atoms with Gasteiger partial charge in [0.1, 0.15) is 0 Å². The number of hydrogen-bond acceptors (Lipinski definition) is 1. The first-order valence-electron chi connectivity index (χ1n) is 2.82. The fraction of sp³-hybridized carbons (Fsp3) is 0.429. The van der Waals surface area contributed by atoms with Crippen molar-refractivity contribution < 1.29 is 4.42 Å². The maximum atomic E-state index is 4.91. The summed E-state index contributed by atoms with van der Waals surface area (Å²) in [4.78, 5) is 0. The summed E-state index contributed by atoms with van der Waals surface area (Å²) < 4.78 is 4.95. The highest BCUT2D eigenvalue weighted by Gasteiger charge is 2.15. The van der Waals surface area contributed by atoms with Crippen LogP contribution in [0.1, 0.15) is 19.4 Å². The Morgan fingerprint density at radius 3 is 2.44 bits per heavy atom. The van der Waals surface area contributed by atoms with Gasteiger partial charge in [-0.25, -0.2) is 0 Å². The van der Waals surface area contributed by atoms with Gasteiger partial charge in [-0.2, -0.15) is 0 Å². The largest absolute Gasteiger partial charge is 0.472 e. The van der Waals surface area contributed by atoms with Gasteiger partial charge in [0.2, 0.25) is 0 Å². The molecule has 0 bridgehead atoms. The predicted octanol–water partition coefficient (Wildman–Crippen LogP) is 2.91. The molecule has 1 rings (SSSR count). The average Bonchev–Trinajstić information content (AvgIpc) is 2.08. The molecular formula is C7H9BrO. The van der Waals surface area contributed by atoms with Crippen LogP contribution in [0.2, 0.25) is 0 Å². The van der Waals surface area contributed by atoms with Gasteiger partial charge in [-0.15, -0.1) is 0 Å². The lowest BCUT2D eigenvalue weighted by molar-refractivity contribution is 0.560. The van der Waals surface area contributed by atoms with E-state index in [0.29, 0.717) is 0 Å². The first kappa shape index (κ1) is 6.87. The Labute approximate surface area is 63.2 Å². The highest BCUT2D eigenvalue weighted by molar-refractivity contribution is 9.09. The summed E-state index contributed by atoms with van der Waals surface area (Å²) >= 11 is 3.51. The van der Waals surface area contributed by atoms with Crippen LogP contribution in [0.25, 0.3) is 0 Å². The molecule has 0 saturated carbocycles. The SMILES string of the molecule is CC(C)(Br)c1ccoc1. The lowest BCUT2D eigenvalue weighted by Gasteiger charge is -2.11. The average molecular weight is 189 g/mol. The van der Waals surface area contributed by atoms with E-state index in [0.717, 1.165) is 0 Å². The minimum Gasteiger partial charge on any atom is -0.472 e. The van der Waals surface area contributed by atoms with Gasteiger partial charge in [0.15, 0.2) is 0 Å². The van der Waals surface area contributed by atoms with E-state index in [1.54, 1.807) is 12.5 Å². The molecule has 0 amide bonds. The van der Waals surface area contributed by atoms with Crippen LogP contribution in [-0.4, -0.2) is 0 Å². The zero-order valence-corrected chi connectivity index (χ0v) is 7.10. The number of halogens is 1. The Balaban J connectivity index is 2.90. The zero-order valence-electron chi connectivity index (χ0n) is 5.52. The summed E-state index contributed by atoms with van der Waals surface area (Å²) in [5.41, 5.74) is 1.17. The molecule has 0 N–H and O–H groups in total. The minimum absolute atomic E-state index is 0.0417. The summed E-state index contributed by atoms with van der Waals surface area (Å²) in [6, 6.07) is 1.95. The van der Waals surface area contributed by atoms with Crippen molar-refractivity contribution >= 4 is 15.9 Å². The lowest BCUT2D eigenvalue weighted by atomic mass is 10.1. The summed E-state index contributed by atoms with van der Waals surface area (Å²) in [6.07, 6.45) is 3.42. The zero-order chi connectivity index (χ0) is 6.91. The van der Waals surface area contributed by atoms with Gasteiger partial charge >= 0.3 is 0 Å². The second-order valence-electron chi connectivity index (χ2n) is 2.48. The van der Waals surface area contributed by atoms with Crippen LogP contribution in [0.5, 0.6) is 0 Å². The quantitative estimate of drug-likeness (QED) is 0.619. The monoisotopic (exact) mass is 188 g/mol. The molecule has 0 spiro atoms. The van der Waals surface area contributed by atoms with Crippen molar-refractivity contribution in [2.45, 2.75) is 18.2 Å². The maximum absolute atomic E-state index is 4.91. The van der Waals surface area contributed by atoms with Crippen molar-refractivity contribution in [1.82, 2.24) is 0 Å². The van der Waals surface area contributed by atoms with Gasteiger partial charge in [0.05, 0.1) is 12.5 Å². The first-order valence-corrected chi connectivity index (χ1v) is 3.61. The van der Waals surface area contributed by atoms with Gasteiger partial charge in [0.25, 0.3) is 0 Å². The molecule has 0 fully saturated rings. The molecule has 1 aromatic heterocycles. The van der Waals surface area contributed by atoms with E-state index >= 15 is 0 Å². The first-order chi connectivity index (χ1) is 4.11. The molecule has 50 valence electrons. The molecule has 1 aromatic rings. The molecular weight excluding hydrogens is 180 g/mol. The van der Waals surface area contributed by atoms with Crippen molar-refractivity contribution in [2.75, 3.05) is 0 Å². The molecule has 0 atom stereocenters. The van der Waals surface area contributed by atoms with Crippen LogP contribution in [0, 0.1) is 0 Å². The van der Waals surface area contributed by atoms with Crippen LogP contribution < -0.4 is 0 Å². The Bertz CT molecular complexity index is 171. The highest BCUT2D eigenvalue weighted by Crippen LogP contribution is 2.29. The van der Waals surface area contributed by atoms with Crippen molar-refractivity contribution in [2.24, 2.45) is 0 Å². The lowest BCUT2D eigenvalue weighted by Crippen LogP contribution is -2.03. The van der Waals surface area contributed by atoms with Crippen molar-refractivity contribution in [3.05, 3.63) is 24.2 Å². The summed E-state index contributed by atoms with van der Waals surface area (Å²) in [7, 11) is 0. The minimum atomic E-state index is 0.0417. The van der Waals surface area contributed by atoms with Crippen molar-refractivity contribution in [3.8, 4) is 0 Å². The summed E-state index contributed by atoms with van der Waals surface area (Å²) in [5, 5.41) is 0. The molecule has 9 heavy (non-hydrogen) atoms. The van der Waals surface area contributed by atoms with E-state index < -0.39 is 0 Å².